The minimum atomic E-state index is -0.898. The number of aliphatic carboxylic acids is 4. The second-order valence-electron chi connectivity index (χ2n) is 15.7. The zero-order chi connectivity index (χ0) is 43.0. The molecule has 0 saturated heterocycles. The van der Waals surface area contributed by atoms with Crippen molar-refractivity contribution in [3.05, 3.63) is 96.6 Å². The first-order valence-electron chi connectivity index (χ1n) is 20.4. The second kappa shape index (κ2) is 27.6. The average molecular weight is 961 g/mol. The summed E-state index contributed by atoms with van der Waals surface area (Å²) >= 11 is 0. The molecule has 63 heavy (non-hydrogen) atoms. The zero-order valence-electron chi connectivity index (χ0n) is 35.7. The molecular weight excluding hydrogens is 900 g/mol. The van der Waals surface area contributed by atoms with Crippen LogP contribution in [-0.4, -0.2) is 149 Å². The Kier molecular flexibility index (Phi) is 23.9. The van der Waals surface area contributed by atoms with Gasteiger partial charge in [0, 0.05) is 89.2 Å². The van der Waals surface area contributed by atoms with Gasteiger partial charge >= 0.3 is 58.0 Å². The summed E-state index contributed by atoms with van der Waals surface area (Å²) in [6, 6.07) is 10.9. The minimum absolute atomic E-state index is 0. The molecule has 4 atom stereocenters. The summed E-state index contributed by atoms with van der Waals surface area (Å²) in [5, 5.41) is 38.1. The molecule has 6 rings (SSSR count). The molecule has 2 fully saturated rings. The summed E-state index contributed by atoms with van der Waals surface area (Å²) in [6.45, 7) is 1.23. The Bertz CT molecular complexity index is 1840. The van der Waals surface area contributed by atoms with Gasteiger partial charge in [0.15, 0.2) is 0 Å². The number of rotatable bonds is 20. The van der Waals surface area contributed by atoms with Crippen LogP contribution in [0.5, 0.6) is 0 Å². The Labute approximate surface area is 388 Å². The van der Waals surface area contributed by atoms with E-state index in [9.17, 15) is 39.6 Å². The summed E-state index contributed by atoms with van der Waals surface area (Å²) in [7, 11) is 3.76. The first kappa shape index (κ1) is 54.6. The molecule has 2 unspecified atom stereocenters. The molecule has 0 bridgehead atoms. The Morgan fingerprint density at radius 2 is 0.794 bits per heavy atom. The molecule has 0 amide bonds. The number of aromatic nitrogens is 6. The van der Waals surface area contributed by atoms with Gasteiger partial charge in [-0.1, -0.05) is 37.8 Å². The summed E-state index contributed by atoms with van der Waals surface area (Å²) in [6.07, 6.45) is 17.8. The predicted molar refractivity (Wildman–Crippen MR) is 223 cm³/mol. The number of hydrogen-bond donors (Lipinski definition) is 4. The van der Waals surface area contributed by atoms with Crippen LogP contribution in [0.15, 0.2) is 73.8 Å². The van der Waals surface area contributed by atoms with Gasteiger partial charge in [-0.2, -0.15) is 0 Å². The Morgan fingerprint density at radius 1 is 0.508 bits per heavy atom. The van der Waals surface area contributed by atoms with Crippen molar-refractivity contribution in [2.45, 2.75) is 102 Å². The van der Waals surface area contributed by atoms with E-state index in [4.69, 9.17) is 0 Å². The SMILES string of the molecule is Cn1cnc(CN(CC(=O)O)C2CCCC[C@@H]2N(CC(=O)O)Cc2ccccn2)c1.Cn1cnc(CN(CC(=O)O)C2CCCC[C@@H]2N(CC(=O)O)Cc2ccccn2)c1.O.[Fe+2].[Fe+2]. The number of carboxylic acids is 4. The predicted octanol–water partition coefficient (Wildman–Crippen LogP) is 2.37. The molecule has 4 heterocycles. The molecule has 2 saturated carbocycles. The number of aryl methyl sites for hydroxylation is 2. The van der Waals surface area contributed by atoms with E-state index in [2.05, 4.69) is 19.9 Å². The molecule has 4 aromatic rings. The maximum atomic E-state index is 11.6. The largest absolute Gasteiger partial charge is 2.00 e. The van der Waals surface area contributed by atoms with Gasteiger partial charge in [-0.15, -0.1) is 0 Å². The van der Waals surface area contributed by atoms with E-state index < -0.39 is 23.9 Å². The first-order chi connectivity index (χ1) is 28.8. The van der Waals surface area contributed by atoms with Crippen LogP contribution in [0.4, 0.5) is 0 Å². The molecule has 21 heteroatoms. The Hall–Kier alpha value is -4.56. The quantitative estimate of drug-likeness (QED) is 0.0928. The van der Waals surface area contributed by atoms with E-state index in [-0.39, 0.29) is 90.0 Å². The van der Waals surface area contributed by atoms with E-state index in [0.717, 1.165) is 74.1 Å². The molecular formula is C42H60Fe2N10O9+4. The standard InChI is InChI=1S/2C21H29N5O4.2Fe.H2O/c2*1-24-10-17(23-15-24)12-26(14-21(29)30)19-8-3-2-7-18(19)25(13-20(27)28)11-16-6-4-5-9-22-16;;;/h2*4-6,9-10,15,18-19H,2-3,7-8,11-14H2,1H3,(H,27,28)(H,29,30);;;1H2/q;;2*+2;/t2*18-,19?;;;/m00.../s1. The number of hydrogen-bond acceptors (Lipinski definition) is 12. The van der Waals surface area contributed by atoms with E-state index in [1.165, 1.54) is 0 Å². The number of carbonyl (C=O) groups is 4. The van der Waals surface area contributed by atoms with Crippen LogP contribution in [0.2, 0.25) is 0 Å². The maximum Gasteiger partial charge on any atom is 2.00 e. The average Bonchev–Trinajstić information content (AvgIpc) is 3.83. The van der Waals surface area contributed by atoms with Gasteiger partial charge < -0.3 is 35.0 Å². The fraction of sp³-hybridized carbons (Fsp3) is 0.524. The number of pyridine rings is 2. The van der Waals surface area contributed by atoms with Crippen LogP contribution in [0.25, 0.3) is 0 Å². The van der Waals surface area contributed by atoms with E-state index in [0.29, 0.717) is 26.2 Å². The van der Waals surface area contributed by atoms with Crippen molar-refractivity contribution in [1.82, 2.24) is 48.7 Å². The van der Waals surface area contributed by atoms with Crippen molar-refractivity contribution in [2.75, 3.05) is 26.2 Å². The van der Waals surface area contributed by atoms with Crippen LogP contribution < -0.4 is 0 Å². The normalized spacial score (nSPS) is 18.4. The molecule has 0 aromatic carbocycles. The van der Waals surface area contributed by atoms with E-state index in [1.54, 1.807) is 25.0 Å². The summed E-state index contributed by atoms with van der Waals surface area (Å²) < 4.78 is 3.68. The third-order valence-corrected chi connectivity index (χ3v) is 11.0. The molecule has 4 aromatic heterocycles. The van der Waals surface area contributed by atoms with Crippen molar-refractivity contribution in [1.29, 1.82) is 0 Å². The van der Waals surface area contributed by atoms with Gasteiger partial charge in [0.25, 0.3) is 0 Å². The molecule has 0 aliphatic heterocycles. The summed E-state index contributed by atoms with van der Waals surface area (Å²) in [4.78, 5) is 71.6. The van der Waals surface area contributed by atoms with E-state index in [1.807, 2.05) is 91.6 Å². The minimum Gasteiger partial charge on any atom is -0.480 e. The van der Waals surface area contributed by atoms with Crippen LogP contribution in [-0.2, 0) is 93.6 Å². The molecule has 2 aliphatic carbocycles. The van der Waals surface area contributed by atoms with Crippen molar-refractivity contribution >= 4 is 23.9 Å². The summed E-state index contributed by atoms with van der Waals surface area (Å²) in [5.74, 6) is -3.59. The molecule has 0 radical (unpaired) electrons. The molecule has 19 nitrogen and oxygen atoms in total. The number of imidazole rings is 2. The Morgan fingerprint density at radius 3 is 1.02 bits per heavy atom. The topological polar surface area (TPSA) is 255 Å². The zero-order valence-corrected chi connectivity index (χ0v) is 37.9. The van der Waals surface area contributed by atoms with Gasteiger partial charge in [-0.05, 0) is 49.9 Å². The second-order valence-corrected chi connectivity index (χ2v) is 15.7. The van der Waals surface area contributed by atoms with Gasteiger partial charge in [0.2, 0.25) is 0 Å². The third kappa shape index (κ3) is 17.9. The van der Waals surface area contributed by atoms with Crippen molar-refractivity contribution < 1.29 is 79.2 Å². The third-order valence-electron chi connectivity index (χ3n) is 11.0. The molecule has 2 aliphatic rings. The Balaban J connectivity index is 0.000000414. The van der Waals surface area contributed by atoms with E-state index >= 15 is 0 Å². The summed E-state index contributed by atoms with van der Waals surface area (Å²) in [5.41, 5.74) is 3.21. The molecule has 344 valence electrons. The van der Waals surface area contributed by atoms with Crippen LogP contribution >= 0.6 is 0 Å². The van der Waals surface area contributed by atoms with Gasteiger partial charge in [-0.25, -0.2) is 9.97 Å². The number of nitrogens with zero attached hydrogens (tertiary/aromatic N) is 10. The fourth-order valence-electron chi connectivity index (χ4n) is 8.66. The van der Waals surface area contributed by atoms with Gasteiger partial charge in [0.1, 0.15) is 0 Å². The van der Waals surface area contributed by atoms with Crippen molar-refractivity contribution in [3.8, 4) is 0 Å². The monoisotopic (exact) mass is 960 g/mol. The van der Waals surface area contributed by atoms with Gasteiger partial charge in [-0.3, -0.25) is 48.7 Å². The van der Waals surface area contributed by atoms with Crippen LogP contribution in [0.3, 0.4) is 0 Å². The molecule has 6 N–H and O–H groups in total. The van der Waals surface area contributed by atoms with Crippen LogP contribution in [0.1, 0.15) is 74.1 Å². The van der Waals surface area contributed by atoms with Crippen molar-refractivity contribution in [3.63, 3.8) is 0 Å². The van der Waals surface area contributed by atoms with Crippen LogP contribution in [0, 0.1) is 0 Å². The smallest absolute Gasteiger partial charge is 0.480 e. The van der Waals surface area contributed by atoms with Gasteiger partial charge in [0.05, 0.1) is 61.6 Å². The first-order valence-corrected chi connectivity index (χ1v) is 20.4. The maximum absolute atomic E-state index is 11.6. The van der Waals surface area contributed by atoms with Crippen molar-refractivity contribution in [2.24, 2.45) is 14.1 Å². The fourth-order valence-corrected chi connectivity index (χ4v) is 8.66. The number of carboxylic acid groups (broad SMARTS) is 4. The molecule has 0 spiro atoms.